The zero-order chi connectivity index (χ0) is 12.8. The van der Waals surface area contributed by atoms with Crippen molar-refractivity contribution in [2.75, 3.05) is 13.1 Å². The van der Waals surface area contributed by atoms with Crippen LogP contribution in [0.5, 0.6) is 0 Å². The van der Waals surface area contributed by atoms with Crippen molar-refractivity contribution in [1.82, 2.24) is 4.90 Å². The van der Waals surface area contributed by atoms with Crippen molar-refractivity contribution >= 4 is 5.91 Å². The largest absolute Gasteiger partial charge is 0.341 e. The second kappa shape index (κ2) is 7.00. The molecule has 3 heteroatoms. The summed E-state index contributed by atoms with van der Waals surface area (Å²) in [6, 6.07) is -0.282. The molecular formula is C14H28N2O. The van der Waals surface area contributed by atoms with Crippen LogP contribution < -0.4 is 5.73 Å². The van der Waals surface area contributed by atoms with Crippen molar-refractivity contribution < 1.29 is 4.79 Å². The summed E-state index contributed by atoms with van der Waals surface area (Å²) in [5.41, 5.74) is 5.91. The fourth-order valence-corrected chi connectivity index (χ4v) is 2.68. The van der Waals surface area contributed by atoms with E-state index in [2.05, 4.69) is 20.8 Å². The molecule has 0 aromatic rings. The van der Waals surface area contributed by atoms with Crippen LogP contribution in [0.1, 0.15) is 52.9 Å². The highest BCUT2D eigenvalue weighted by molar-refractivity contribution is 5.81. The van der Waals surface area contributed by atoms with Gasteiger partial charge in [-0.25, -0.2) is 0 Å². The van der Waals surface area contributed by atoms with Gasteiger partial charge in [-0.15, -0.1) is 0 Å². The Labute approximate surface area is 106 Å². The van der Waals surface area contributed by atoms with Gasteiger partial charge in [0, 0.05) is 13.1 Å². The van der Waals surface area contributed by atoms with Crippen LogP contribution in [0.3, 0.4) is 0 Å². The third-order valence-electron chi connectivity index (χ3n) is 3.94. The number of hydrogen-bond donors (Lipinski definition) is 1. The molecule has 0 spiro atoms. The van der Waals surface area contributed by atoms with Gasteiger partial charge in [0.05, 0.1) is 6.04 Å². The van der Waals surface area contributed by atoms with Crippen LogP contribution in [0, 0.1) is 11.8 Å². The van der Waals surface area contributed by atoms with Crippen LogP contribution in [-0.2, 0) is 4.79 Å². The Morgan fingerprint density at radius 2 is 2.06 bits per heavy atom. The maximum Gasteiger partial charge on any atom is 0.239 e. The molecule has 2 N–H and O–H groups in total. The zero-order valence-corrected chi connectivity index (χ0v) is 11.6. The lowest BCUT2D eigenvalue weighted by Crippen LogP contribution is -2.44. The van der Waals surface area contributed by atoms with E-state index in [0.29, 0.717) is 0 Å². The van der Waals surface area contributed by atoms with Crippen molar-refractivity contribution in [2.45, 2.75) is 58.9 Å². The van der Waals surface area contributed by atoms with Crippen molar-refractivity contribution in [3.05, 3.63) is 0 Å². The number of carbonyl (C=O) groups is 1. The Bertz CT molecular complexity index is 240. The number of likely N-dealkylation sites (tertiary alicyclic amines) is 1. The van der Waals surface area contributed by atoms with Gasteiger partial charge in [0.25, 0.3) is 0 Å². The number of nitrogens with zero attached hydrogens (tertiary/aromatic N) is 1. The van der Waals surface area contributed by atoms with E-state index in [9.17, 15) is 4.79 Å². The predicted octanol–water partition coefficient (Wildman–Crippen LogP) is 2.40. The second-order valence-electron chi connectivity index (χ2n) is 5.66. The fourth-order valence-electron chi connectivity index (χ4n) is 2.68. The van der Waals surface area contributed by atoms with Gasteiger partial charge in [0.1, 0.15) is 0 Å². The molecule has 0 radical (unpaired) electrons. The molecule has 0 bridgehead atoms. The molecule has 1 aliphatic rings. The summed E-state index contributed by atoms with van der Waals surface area (Å²) < 4.78 is 0. The van der Waals surface area contributed by atoms with Crippen LogP contribution in [0.4, 0.5) is 0 Å². The maximum atomic E-state index is 12.1. The van der Waals surface area contributed by atoms with Crippen LogP contribution in [0.2, 0.25) is 0 Å². The molecule has 1 heterocycles. The normalized spacial score (nSPS) is 23.6. The average Bonchev–Trinajstić information content (AvgIpc) is 2.53. The Kier molecular flexibility index (Phi) is 5.96. The third-order valence-corrected chi connectivity index (χ3v) is 3.94. The zero-order valence-electron chi connectivity index (χ0n) is 11.6. The molecule has 1 unspecified atom stereocenters. The number of rotatable bonds is 4. The number of carbonyl (C=O) groups excluding carboxylic acids is 1. The lowest BCUT2D eigenvalue weighted by atomic mass is 9.89. The Hall–Kier alpha value is -0.570. The molecule has 3 nitrogen and oxygen atoms in total. The minimum atomic E-state index is -0.282. The molecule has 0 aromatic heterocycles. The van der Waals surface area contributed by atoms with Gasteiger partial charge in [0.2, 0.25) is 5.91 Å². The predicted molar refractivity (Wildman–Crippen MR) is 71.6 cm³/mol. The average molecular weight is 240 g/mol. The van der Waals surface area contributed by atoms with Crippen LogP contribution in [0.15, 0.2) is 0 Å². The van der Waals surface area contributed by atoms with E-state index in [1.54, 1.807) is 0 Å². The topological polar surface area (TPSA) is 46.3 Å². The summed E-state index contributed by atoms with van der Waals surface area (Å²) in [6.07, 6.45) is 5.32. The first-order chi connectivity index (χ1) is 8.06. The highest BCUT2D eigenvalue weighted by atomic mass is 16.2. The fraction of sp³-hybridized carbons (Fsp3) is 0.929. The van der Waals surface area contributed by atoms with E-state index in [1.807, 2.05) is 4.90 Å². The van der Waals surface area contributed by atoms with Crippen LogP contribution in [-0.4, -0.2) is 29.9 Å². The van der Waals surface area contributed by atoms with Crippen LogP contribution >= 0.6 is 0 Å². The molecule has 100 valence electrons. The second-order valence-corrected chi connectivity index (χ2v) is 5.66. The maximum absolute atomic E-state index is 12.1. The number of amides is 1. The van der Waals surface area contributed by atoms with Gasteiger partial charge in [-0.05, 0) is 37.5 Å². The summed E-state index contributed by atoms with van der Waals surface area (Å²) in [7, 11) is 0. The van der Waals surface area contributed by atoms with E-state index in [0.717, 1.165) is 50.6 Å². The molecule has 0 aromatic carbocycles. The van der Waals surface area contributed by atoms with E-state index in [-0.39, 0.29) is 11.9 Å². The first-order valence-electron chi connectivity index (χ1n) is 7.10. The lowest BCUT2D eigenvalue weighted by Gasteiger charge is -2.24. The van der Waals surface area contributed by atoms with Crippen molar-refractivity contribution in [3.63, 3.8) is 0 Å². The van der Waals surface area contributed by atoms with Gasteiger partial charge in [0.15, 0.2) is 0 Å². The summed E-state index contributed by atoms with van der Waals surface area (Å²) in [6.45, 7) is 8.44. The van der Waals surface area contributed by atoms with Crippen LogP contribution in [0.25, 0.3) is 0 Å². The molecule has 1 saturated heterocycles. The van der Waals surface area contributed by atoms with Gasteiger partial charge < -0.3 is 10.6 Å². The molecule has 0 saturated carbocycles. The molecule has 17 heavy (non-hydrogen) atoms. The Morgan fingerprint density at radius 1 is 1.35 bits per heavy atom. The van der Waals surface area contributed by atoms with E-state index in [1.165, 1.54) is 6.42 Å². The minimum absolute atomic E-state index is 0.163. The summed E-state index contributed by atoms with van der Waals surface area (Å²) in [5.74, 6) is 1.67. The van der Waals surface area contributed by atoms with Gasteiger partial charge in [-0.3, -0.25) is 4.79 Å². The smallest absolute Gasteiger partial charge is 0.239 e. The number of nitrogens with two attached hydrogens (primary N) is 1. The Balaban J connectivity index is 2.48. The van der Waals surface area contributed by atoms with Crippen molar-refractivity contribution in [3.8, 4) is 0 Å². The quantitative estimate of drug-likeness (QED) is 0.820. The molecular weight excluding hydrogens is 212 g/mol. The summed E-state index contributed by atoms with van der Waals surface area (Å²) in [4.78, 5) is 14.1. The molecule has 1 amide bonds. The molecule has 1 aliphatic heterocycles. The van der Waals surface area contributed by atoms with Gasteiger partial charge >= 0.3 is 0 Å². The highest BCUT2D eigenvalue weighted by Gasteiger charge is 2.24. The molecule has 0 aliphatic carbocycles. The SMILES string of the molecule is CCC[C@H](N)C(=O)N1CCCC(C(C)C)CC1. The minimum Gasteiger partial charge on any atom is -0.341 e. The summed E-state index contributed by atoms with van der Waals surface area (Å²) in [5, 5.41) is 0. The highest BCUT2D eigenvalue weighted by Crippen LogP contribution is 2.24. The van der Waals surface area contributed by atoms with E-state index >= 15 is 0 Å². The van der Waals surface area contributed by atoms with Gasteiger partial charge in [-0.2, -0.15) is 0 Å². The monoisotopic (exact) mass is 240 g/mol. The van der Waals surface area contributed by atoms with Gasteiger partial charge in [-0.1, -0.05) is 27.2 Å². The van der Waals surface area contributed by atoms with E-state index in [4.69, 9.17) is 5.73 Å². The molecule has 2 atom stereocenters. The van der Waals surface area contributed by atoms with Crippen molar-refractivity contribution in [1.29, 1.82) is 0 Å². The first-order valence-corrected chi connectivity index (χ1v) is 7.10. The number of hydrogen-bond acceptors (Lipinski definition) is 2. The van der Waals surface area contributed by atoms with Crippen molar-refractivity contribution in [2.24, 2.45) is 17.6 Å². The molecule has 1 rings (SSSR count). The standard InChI is InChI=1S/C14H28N2O/c1-4-6-13(15)14(17)16-9-5-7-12(8-10-16)11(2)3/h11-13H,4-10,15H2,1-3H3/t12?,13-/m0/s1. The lowest BCUT2D eigenvalue weighted by molar-refractivity contribution is -0.132. The Morgan fingerprint density at radius 3 is 2.65 bits per heavy atom. The van der Waals surface area contributed by atoms with E-state index < -0.39 is 0 Å². The summed E-state index contributed by atoms with van der Waals surface area (Å²) >= 11 is 0. The molecule has 1 fully saturated rings. The third kappa shape index (κ3) is 4.30. The first kappa shape index (κ1) is 14.5.